The summed E-state index contributed by atoms with van der Waals surface area (Å²) in [5, 5.41) is 14.7. The molecular weight excluding hydrogens is 262 g/mol. The lowest BCUT2D eigenvalue weighted by Gasteiger charge is -2.15. The molecule has 112 valence electrons. The second kappa shape index (κ2) is 7.02. The van der Waals surface area contributed by atoms with Crippen LogP contribution in [0, 0.1) is 0 Å². The molecule has 2 rings (SSSR count). The third kappa shape index (κ3) is 3.90. The van der Waals surface area contributed by atoms with E-state index in [0.29, 0.717) is 12.0 Å². The van der Waals surface area contributed by atoms with Crippen molar-refractivity contribution in [3.05, 3.63) is 35.5 Å². The average Bonchev–Trinajstić information content (AvgIpc) is 2.47. The number of para-hydroxylation sites is 1. The molecule has 0 aliphatic carbocycles. The molecule has 0 saturated heterocycles. The van der Waals surface area contributed by atoms with Crippen molar-refractivity contribution >= 4 is 17.5 Å². The fourth-order valence-electron chi connectivity index (χ4n) is 2.24. The monoisotopic (exact) mass is 285 g/mol. The normalized spacial score (nSPS) is 10.7. The second-order valence-electron chi connectivity index (χ2n) is 5.25. The first-order valence-corrected chi connectivity index (χ1v) is 7.48. The van der Waals surface area contributed by atoms with Gasteiger partial charge in [-0.15, -0.1) is 5.10 Å². The Morgan fingerprint density at radius 2 is 1.76 bits per heavy atom. The predicted molar refractivity (Wildman–Crippen MR) is 87.1 cm³/mol. The van der Waals surface area contributed by atoms with Crippen LogP contribution in [0.25, 0.3) is 0 Å². The fraction of sp³-hybridized carbons (Fsp3) is 0.438. The number of hydrogen-bond donors (Lipinski definition) is 2. The molecule has 1 aromatic heterocycles. The number of nitrogens with zero attached hydrogens (tertiary/aromatic N) is 3. The summed E-state index contributed by atoms with van der Waals surface area (Å²) in [4.78, 5) is 4.46. The quantitative estimate of drug-likeness (QED) is 0.849. The Morgan fingerprint density at radius 3 is 2.33 bits per heavy atom. The van der Waals surface area contributed by atoms with E-state index in [1.165, 1.54) is 11.1 Å². The Kier molecular flexibility index (Phi) is 5.09. The molecule has 0 aliphatic heterocycles. The number of nitrogens with one attached hydrogen (secondary N) is 2. The van der Waals surface area contributed by atoms with Crippen LogP contribution in [0.5, 0.6) is 0 Å². The highest BCUT2D eigenvalue weighted by Crippen LogP contribution is 2.25. The predicted octanol–water partition coefficient (Wildman–Crippen LogP) is 3.56. The van der Waals surface area contributed by atoms with Crippen molar-refractivity contribution in [3.63, 3.8) is 0 Å². The van der Waals surface area contributed by atoms with E-state index in [1.54, 1.807) is 6.20 Å². The first-order chi connectivity index (χ1) is 10.1. The van der Waals surface area contributed by atoms with Gasteiger partial charge in [0.25, 0.3) is 0 Å². The average molecular weight is 285 g/mol. The zero-order chi connectivity index (χ0) is 15.2. The molecule has 1 aromatic carbocycles. The van der Waals surface area contributed by atoms with Gasteiger partial charge in [0.2, 0.25) is 5.95 Å². The molecule has 2 N–H and O–H groups in total. The summed E-state index contributed by atoms with van der Waals surface area (Å²) in [5.74, 6) is 1.26. The van der Waals surface area contributed by atoms with Gasteiger partial charge in [0, 0.05) is 11.7 Å². The first kappa shape index (κ1) is 15.2. The van der Waals surface area contributed by atoms with Gasteiger partial charge in [0.05, 0.1) is 6.20 Å². The summed E-state index contributed by atoms with van der Waals surface area (Å²) in [6.45, 7) is 8.43. The maximum absolute atomic E-state index is 4.46. The highest BCUT2D eigenvalue weighted by molar-refractivity contribution is 5.64. The molecule has 0 fully saturated rings. The Bertz CT molecular complexity index is 573. The zero-order valence-corrected chi connectivity index (χ0v) is 13.1. The van der Waals surface area contributed by atoms with Gasteiger partial charge in [-0.1, -0.05) is 32.0 Å². The first-order valence-electron chi connectivity index (χ1n) is 7.48. The smallest absolute Gasteiger partial charge is 0.249 e. The van der Waals surface area contributed by atoms with Gasteiger partial charge in [0.15, 0.2) is 5.82 Å². The molecule has 0 atom stereocenters. The summed E-state index contributed by atoms with van der Waals surface area (Å²) in [5.41, 5.74) is 3.63. The van der Waals surface area contributed by atoms with E-state index in [2.05, 4.69) is 71.7 Å². The fourth-order valence-corrected chi connectivity index (χ4v) is 2.24. The molecule has 0 bridgehead atoms. The van der Waals surface area contributed by atoms with Crippen LogP contribution in [0.3, 0.4) is 0 Å². The van der Waals surface area contributed by atoms with Crippen molar-refractivity contribution in [2.45, 2.75) is 46.6 Å². The van der Waals surface area contributed by atoms with Crippen LogP contribution in [0.4, 0.5) is 17.5 Å². The summed E-state index contributed by atoms with van der Waals surface area (Å²) in [7, 11) is 0. The number of hydrogen-bond acceptors (Lipinski definition) is 5. The molecule has 21 heavy (non-hydrogen) atoms. The Balaban J connectivity index is 2.29. The minimum atomic E-state index is 0.309. The van der Waals surface area contributed by atoms with E-state index in [-0.39, 0.29) is 0 Å². The van der Waals surface area contributed by atoms with Gasteiger partial charge in [-0.25, -0.2) is 0 Å². The highest BCUT2D eigenvalue weighted by atomic mass is 15.3. The highest BCUT2D eigenvalue weighted by Gasteiger charge is 2.09. The molecule has 0 radical (unpaired) electrons. The van der Waals surface area contributed by atoms with Crippen LogP contribution in [0.2, 0.25) is 0 Å². The van der Waals surface area contributed by atoms with E-state index < -0.39 is 0 Å². The Labute approximate surface area is 126 Å². The largest absolute Gasteiger partial charge is 0.366 e. The van der Waals surface area contributed by atoms with Crippen LogP contribution in [-0.4, -0.2) is 21.2 Å². The van der Waals surface area contributed by atoms with Crippen LogP contribution in [0.15, 0.2) is 24.4 Å². The summed E-state index contributed by atoms with van der Waals surface area (Å²) < 4.78 is 0. The number of anilines is 3. The SMILES string of the molecule is CCc1cccc(CC)c1Nc1nncc(NC(C)C)n1. The van der Waals surface area contributed by atoms with Gasteiger partial charge < -0.3 is 10.6 Å². The summed E-state index contributed by atoms with van der Waals surface area (Å²) >= 11 is 0. The summed E-state index contributed by atoms with van der Waals surface area (Å²) in [6.07, 6.45) is 3.57. The number of aryl methyl sites for hydroxylation is 2. The van der Waals surface area contributed by atoms with E-state index in [9.17, 15) is 0 Å². The van der Waals surface area contributed by atoms with E-state index in [1.807, 2.05) is 0 Å². The standard InChI is InChI=1S/C16H23N5/c1-5-12-8-7-9-13(6-2)15(12)20-16-19-14(10-17-21-16)18-11(3)4/h7-11H,5-6H2,1-4H3,(H2,18,19,20,21). The second-order valence-corrected chi connectivity index (χ2v) is 5.25. The van der Waals surface area contributed by atoms with E-state index in [4.69, 9.17) is 0 Å². The van der Waals surface area contributed by atoms with Crippen molar-refractivity contribution in [1.29, 1.82) is 0 Å². The lowest BCUT2D eigenvalue weighted by molar-refractivity contribution is 0.873. The van der Waals surface area contributed by atoms with Crippen molar-refractivity contribution in [2.75, 3.05) is 10.6 Å². The van der Waals surface area contributed by atoms with E-state index in [0.717, 1.165) is 24.3 Å². The molecule has 0 amide bonds. The Hall–Kier alpha value is -2.17. The molecule has 5 nitrogen and oxygen atoms in total. The van der Waals surface area contributed by atoms with Crippen molar-refractivity contribution in [3.8, 4) is 0 Å². The minimum Gasteiger partial charge on any atom is -0.366 e. The van der Waals surface area contributed by atoms with Crippen molar-refractivity contribution in [2.24, 2.45) is 0 Å². The van der Waals surface area contributed by atoms with Crippen molar-refractivity contribution < 1.29 is 0 Å². The van der Waals surface area contributed by atoms with Crippen LogP contribution < -0.4 is 10.6 Å². The maximum Gasteiger partial charge on any atom is 0.249 e. The van der Waals surface area contributed by atoms with Crippen LogP contribution in [0.1, 0.15) is 38.8 Å². The molecular formula is C16H23N5. The van der Waals surface area contributed by atoms with E-state index >= 15 is 0 Å². The van der Waals surface area contributed by atoms with Crippen molar-refractivity contribution in [1.82, 2.24) is 15.2 Å². The number of aromatic nitrogens is 3. The lowest BCUT2D eigenvalue weighted by Crippen LogP contribution is -2.13. The summed E-state index contributed by atoms with van der Waals surface area (Å²) in [6, 6.07) is 6.67. The third-order valence-electron chi connectivity index (χ3n) is 3.23. The minimum absolute atomic E-state index is 0.309. The van der Waals surface area contributed by atoms with Gasteiger partial charge in [-0.3, -0.25) is 0 Å². The molecule has 1 heterocycles. The number of benzene rings is 1. The van der Waals surface area contributed by atoms with Gasteiger partial charge in [-0.2, -0.15) is 10.1 Å². The van der Waals surface area contributed by atoms with Gasteiger partial charge >= 0.3 is 0 Å². The maximum atomic E-state index is 4.46. The van der Waals surface area contributed by atoms with Gasteiger partial charge in [-0.05, 0) is 37.8 Å². The number of rotatable bonds is 6. The lowest BCUT2D eigenvalue weighted by atomic mass is 10.0. The molecule has 0 unspecified atom stereocenters. The van der Waals surface area contributed by atoms with Crippen LogP contribution in [-0.2, 0) is 12.8 Å². The van der Waals surface area contributed by atoms with Gasteiger partial charge in [0.1, 0.15) is 0 Å². The third-order valence-corrected chi connectivity index (χ3v) is 3.23. The molecule has 0 saturated carbocycles. The Morgan fingerprint density at radius 1 is 1.10 bits per heavy atom. The molecule has 5 heteroatoms. The van der Waals surface area contributed by atoms with Crippen LogP contribution >= 0.6 is 0 Å². The topological polar surface area (TPSA) is 62.7 Å². The molecule has 2 aromatic rings. The zero-order valence-electron chi connectivity index (χ0n) is 13.1. The molecule has 0 spiro atoms. The molecule has 0 aliphatic rings.